The van der Waals surface area contributed by atoms with Crippen molar-refractivity contribution in [2.45, 2.75) is 32.8 Å². The monoisotopic (exact) mass is 152 g/mol. The lowest BCUT2D eigenvalue weighted by atomic mass is 9.89. The number of aliphatic hydroxyl groups is 1. The van der Waals surface area contributed by atoms with Crippen molar-refractivity contribution in [1.82, 2.24) is 0 Å². The molecule has 0 aromatic rings. The molecule has 1 aliphatic carbocycles. The number of hydrogen-bond donors (Lipinski definition) is 1. The SMILES string of the molecule is CC(C)C1=CC(C)(O)CC=C1. The second-order valence-electron chi connectivity index (χ2n) is 3.76. The highest BCUT2D eigenvalue weighted by Crippen LogP contribution is 2.24. The van der Waals surface area contributed by atoms with E-state index in [1.807, 2.05) is 19.1 Å². The summed E-state index contributed by atoms with van der Waals surface area (Å²) in [6, 6.07) is 0. The van der Waals surface area contributed by atoms with Gasteiger partial charge in [0.1, 0.15) is 0 Å². The Balaban J connectivity index is 2.81. The molecule has 62 valence electrons. The van der Waals surface area contributed by atoms with Gasteiger partial charge in [-0.2, -0.15) is 0 Å². The van der Waals surface area contributed by atoms with Crippen LogP contribution in [0.3, 0.4) is 0 Å². The molecule has 1 heteroatoms. The van der Waals surface area contributed by atoms with Crippen LogP contribution in [0.4, 0.5) is 0 Å². The van der Waals surface area contributed by atoms with E-state index < -0.39 is 5.60 Å². The van der Waals surface area contributed by atoms with Gasteiger partial charge in [0, 0.05) is 0 Å². The van der Waals surface area contributed by atoms with Crippen LogP contribution in [-0.2, 0) is 0 Å². The Morgan fingerprint density at radius 2 is 2.18 bits per heavy atom. The molecule has 0 radical (unpaired) electrons. The second kappa shape index (κ2) is 2.82. The Hall–Kier alpha value is -0.560. The van der Waals surface area contributed by atoms with E-state index in [9.17, 15) is 5.11 Å². The predicted molar refractivity (Wildman–Crippen MR) is 47.3 cm³/mol. The van der Waals surface area contributed by atoms with E-state index in [0.29, 0.717) is 5.92 Å². The maximum atomic E-state index is 9.67. The fourth-order valence-corrected chi connectivity index (χ4v) is 1.26. The summed E-state index contributed by atoms with van der Waals surface area (Å²) in [6.07, 6.45) is 6.83. The van der Waals surface area contributed by atoms with Crippen molar-refractivity contribution >= 4 is 0 Å². The van der Waals surface area contributed by atoms with Gasteiger partial charge in [-0.15, -0.1) is 0 Å². The summed E-state index contributed by atoms with van der Waals surface area (Å²) in [5.74, 6) is 0.512. The van der Waals surface area contributed by atoms with Crippen molar-refractivity contribution in [3.63, 3.8) is 0 Å². The predicted octanol–water partition coefficient (Wildman–Crippen LogP) is 2.28. The molecule has 1 rings (SSSR count). The van der Waals surface area contributed by atoms with E-state index in [1.165, 1.54) is 5.57 Å². The third kappa shape index (κ3) is 2.19. The van der Waals surface area contributed by atoms with Crippen molar-refractivity contribution in [2.24, 2.45) is 5.92 Å². The lowest BCUT2D eigenvalue weighted by Crippen LogP contribution is -2.22. The third-order valence-corrected chi connectivity index (χ3v) is 1.99. The van der Waals surface area contributed by atoms with Gasteiger partial charge in [0.2, 0.25) is 0 Å². The molecule has 0 bridgehead atoms. The van der Waals surface area contributed by atoms with Gasteiger partial charge >= 0.3 is 0 Å². The molecule has 0 heterocycles. The van der Waals surface area contributed by atoms with Crippen molar-refractivity contribution in [1.29, 1.82) is 0 Å². The van der Waals surface area contributed by atoms with Crippen LogP contribution in [0.15, 0.2) is 23.8 Å². The van der Waals surface area contributed by atoms with Crippen molar-refractivity contribution in [3.8, 4) is 0 Å². The van der Waals surface area contributed by atoms with Crippen LogP contribution < -0.4 is 0 Å². The number of rotatable bonds is 1. The maximum absolute atomic E-state index is 9.67. The minimum atomic E-state index is -0.617. The highest BCUT2D eigenvalue weighted by molar-refractivity contribution is 5.28. The van der Waals surface area contributed by atoms with Crippen LogP contribution in [0, 0.1) is 5.92 Å². The zero-order chi connectivity index (χ0) is 8.48. The first-order valence-corrected chi connectivity index (χ1v) is 4.13. The lowest BCUT2D eigenvalue weighted by Gasteiger charge is -2.23. The minimum absolute atomic E-state index is 0.512. The molecule has 11 heavy (non-hydrogen) atoms. The maximum Gasteiger partial charge on any atom is 0.0839 e. The van der Waals surface area contributed by atoms with Gasteiger partial charge in [-0.3, -0.25) is 0 Å². The average Bonchev–Trinajstić information content (AvgIpc) is 1.85. The molecule has 0 aromatic heterocycles. The molecule has 1 nitrogen and oxygen atoms in total. The summed E-state index contributed by atoms with van der Waals surface area (Å²) in [5.41, 5.74) is 0.621. The van der Waals surface area contributed by atoms with Crippen LogP contribution in [0.2, 0.25) is 0 Å². The average molecular weight is 152 g/mol. The Bertz CT molecular complexity index is 197. The van der Waals surface area contributed by atoms with E-state index >= 15 is 0 Å². The molecular formula is C10H16O. The molecular weight excluding hydrogens is 136 g/mol. The number of allylic oxidation sites excluding steroid dienone is 2. The molecule has 0 aromatic carbocycles. The first kappa shape index (κ1) is 8.54. The summed E-state index contributed by atoms with van der Waals surface area (Å²) in [7, 11) is 0. The molecule has 1 unspecified atom stereocenters. The van der Waals surface area contributed by atoms with Gasteiger partial charge in [0.15, 0.2) is 0 Å². The Labute approximate surface area is 68.4 Å². The highest BCUT2D eigenvalue weighted by Gasteiger charge is 2.19. The Kier molecular flexibility index (Phi) is 2.19. The Morgan fingerprint density at radius 1 is 1.55 bits per heavy atom. The summed E-state index contributed by atoms with van der Waals surface area (Å²) in [6.45, 7) is 6.12. The van der Waals surface area contributed by atoms with E-state index in [-0.39, 0.29) is 0 Å². The lowest BCUT2D eigenvalue weighted by molar-refractivity contribution is 0.112. The Morgan fingerprint density at radius 3 is 2.55 bits per heavy atom. The zero-order valence-corrected chi connectivity index (χ0v) is 7.46. The van der Waals surface area contributed by atoms with Gasteiger partial charge in [0.05, 0.1) is 5.60 Å². The summed E-state index contributed by atoms with van der Waals surface area (Å²) >= 11 is 0. The normalized spacial score (nSPS) is 30.8. The quantitative estimate of drug-likeness (QED) is 0.611. The molecule has 0 spiro atoms. The molecule has 1 aliphatic rings. The topological polar surface area (TPSA) is 20.2 Å². The highest BCUT2D eigenvalue weighted by atomic mass is 16.3. The van der Waals surface area contributed by atoms with Gasteiger partial charge in [0.25, 0.3) is 0 Å². The smallest absolute Gasteiger partial charge is 0.0839 e. The summed E-state index contributed by atoms with van der Waals surface area (Å²) in [5, 5.41) is 9.67. The number of hydrogen-bond acceptors (Lipinski definition) is 1. The first-order chi connectivity index (χ1) is 5.01. The van der Waals surface area contributed by atoms with Crippen LogP contribution in [0.25, 0.3) is 0 Å². The molecule has 0 fully saturated rings. The fourth-order valence-electron chi connectivity index (χ4n) is 1.26. The molecule has 0 saturated heterocycles. The van der Waals surface area contributed by atoms with Crippen molar-refractivity contribution in [2.75, 3.05) is 0 Å². The van der Waals surface area contributed by atoms with Crippen LogP contribution >= 0.6 is 0 Å². The molecule has 1 N–H and O–H groups in total. The standard InChI is InChI=1S/C10H16O/c1-8(2)9-5-4-6-10(3,11)7-9/h4-5,7-8,11H,6H2,1-3H3. The third-order valence-electron chi connectivity index (χ3n) is 1.99. The zero-order valence-electron chi connectivity index (χ0n) is 7.46. The molecule has 0 amide bonds. The van der Waals surface area contributed by atoms with Gasteiger partial charge in [-0.25, -0.2) is 0 Å². The van der Waals surface area contributed by atoms with Crippen molar-refractivity contribution < 1.29 is 5.11 Å². The van der Waals surface area contributed by atoms with E-state index in [4.69, 9.17) is 0 Å². The molecule has 0 aliphatic heterocycles. The van der Waals surface area contributed by atoms with E-state index in [2.05, 4.69) is 19.9 Å². The van der Waals surface area contributed by atoms with E-state index in [1.54, 1.807) is 0 Å². The van der Waals surface area contributed by atoms with Gasteiger partial charge in [-0.1, -0.05) is 26.0 Å². The minimum Gasteiger partial charge on any atom is -0.386 e. The summed E-state index contributed by atoms with van der Waals surface area (Å²) in [4.78, 5) is 0. The van der Waals surface area contributed by atoms with Crippen LogP contribution in [0.1, 0.15) is 27.2 Å². The second-order valence-corrected chi connectivity index (χ2v) is 3.76. The molecule has 1 atom stereocenters. The van der Waals surface area contributed by atoms with Crippen molar-refractivity contribution in [3.05, 3.63) is 23.8 Å². The fraction of sp³-hybridized carbons (Fsp3) is 0.600. The van der Waals surface area contributed by atoms with E-state index in [0.717, 1.165) is 6.42 Å². The van der Waals surface area contributed by atoms with Crippen LogP contribution in [0.5, 0.6) is 0 Å². The largest absolute Gasteiger partial charge is 0.386 e. The first-order valence-electron chi connectivity index (χ1n) is 4.13. The van der Waals surface area contributed by atoms with Gasteiger partial charge < -0.3 is 5.11 Å². The summed E-state index contributed by atoms with van der Waals surface area (Å²) < 4.78 is 0. The van der Waals surface area contributed by atoms with Crippen LogP contribution in [-0.4, -0.2) is 10.7 Å². The van der Waals surface area contributed by atoms with Gasteiger partial charge in [-0.05, 0) is 30.9 Å². The molecule has 0 saturated carbocycles.